The monoisotopic (exact) mass is 256 g/mol. The molecule has 0 saturated carbocycles. The maximum Gasteiger partial charge on any atom is 0.0953 e. The molecular formula is C18H24O. The lowest BCUT2D eigenvalue weighted by atomic mass is 9.76. The second-order valence-corrected chi connectivity index (χ2v) is 5.32. The van der Waals surface area contributed by atoms with E-state index in [0.29, 0.717) is 6.42 Å². The molecule has 1 aromatic carbocycles. The van der Waals surface area contributed by atoms with Gasteiger partial charge in [0.05, 0.1) is 5.76 Å². The van der Waals surface area contributed by atoms with Crippen LogP contribution in [0.5, 0.6) is 0 Å². The van der Waals surface area contributed by atoms with Crippen LogP contribution in [-0.4, -0.2) is 5.11 Å². The topological polar surface area (TPSA) is 20.2 Å². The molecule has 0 fully saturated rings. The fourth-order valence-electron chi connectivity index (χ4n) is 2.43. The van der Waals surface area contributed by atoms with Gasteiger partial charge >= 0.3 is 0 Å². The molecule has 1 nitrogen and oxygen atoms in total. The van der Waals surface area contributed by atoms with Gasteiger partial charge in [0.2, 0.25) is 0 Å². The van der Waals surface area contributed by atoms with E-state index in [0.717, 1.165) is 17.6 Å². The minimum absolute atomic E-state index is 0.163. The van der Waals surface area contributed by atoms with Gasteiger partial charge < -0.3 is 5.11 Å². The van der Waals surface area contributed by atoms with Gasteiger partial charge in [-0.15, -0.1) is 6.58 Å². The SMILES string of the molecule is C=CC(CC)(CC(=C)c1cc(C)cc(C)c1)C(=C)O. The normalized spacial score (nSPS) is 13.6. The van der Waals surface area contributed by atoms with E-state index in [1.54, 1.807) is 6.08 Å². The fourth-order valence-corrected chi connectivity index (χ4v) is 2.43. The van der Waals surface area contributed by atoms with Crippen LogP contribution in [-0.2, 0) is 0 Å². The summed E-state index contributed by atoms with van der Waals surface area (Å²) in [6.45, 7) is 17.9. The number of aryl methyl sites for hydroxylation is 2. The third kappa shape index (κ3) is 3.37. The Kier molecular flexibility index (Phi) is 4.77. The Hall–Kier alpha value is -1.76. The first-order chi connectivity index (χ1) is 8.84. The van der Waals surface area contributed by atoms with Crippen molar-refractivity contribution >= 4 is 5.57 Å². The van der Waals surface area contributed by atoms with Crippen LogP contribution >= 0.6 is 0 Å². The molecule has 102 valence electrons. The molecule has 1 heteroatoms. The molecule has 0 aliphatic rings. The molecule has 1 unspecified atom stereocenters. The number of allylic oxidation sites excluding steroid dienone is 2. The van der Waals surface area contributed by atoms with Crippen LogP contribution in [0.25, 0.3) is 5.57 Å². The van der Waals surface area contributed by atoms with E-state index in [-0.39, 0.29) is 5.76 Å². The molecule has 0 radical (unpaired) electrons. The van der Waals surface area contributed by atoms with Crippen molar-refractivity contribution in [2.24, 2.45) is 5.41 Å². The summed E-state index contributed by atoms with van der Waals surface area (Å²) in [5.74, 6) is 0.163. The average molecular weight is 256 g/mol. The summed E-state index contributed by atoms with van der Waals surface area (Å²) in [5.41, 5.74) is 4.09. The highest BCUT2D eigenvalue weighted by Gasteiger charge is 2.29. The molecule has 19 heavy (non-hydrogen) atoms. The zero-order chi connectivity index (χ0) is 14.6. The Bertz CT molecular complexity index is 490. The van der Waals surface area contributed by atoms with Crippen molar-refractivity contribution < 1.29 is 5.11 Å². The van der Waals surface area contributed by atoms with E-state index in [1.807, 2.05) is 6.92 Å². The Morgan fingerprint density at radius 1 is 1.21 bits per heavy atom. The molecule has 1 aromatic rings. The summed E-state index contributed by atoms with van der Waals surface area (Å²) in [7, 11) is 0. The summed E-state index contributed by atoms with van der Waals surface area (Å²) in [6, 6.07) is 6.39. The quantitative estimate of drug-likeness (QED) is 0.536. The van der Waals surface area contributed by atoms with Crippen LogP contribution < -0.4 is 0 Å². The van der Waals surface area contributed by atoms with E-state index in [1.165, 1.54) is 11.1 Å². The van der Waals surface area contributed by atoms with Crippen molar-refractivity contribution in [3.8, 4) is 0 Å². The molecule has 0 bridgehead atoms. The summed E-state index contributed by atoms with van der Waals surface area (Å²) in [6.07, 6.45) is 3.18. The second-order valence-electron chi connectivity index (χ2n) is 5.32. The number of hydrogen-bond acceptors (Lipinski definition) is 1. The largest absolute Gasteiger partial charge is 0.512 e. The van der Waals surface area contributed by atoms with Crippen molar-refractivity contribution in [3.63, 3.8) is 0 Å². The van der Waals surface area contributed by atoms with Gasteiger partial charge in [0.25, 0.3) is 0 Å². The maximum absolute atomic E-state index is 9.86. The van der Waals surface area contributed by atoms with Gasteiger partial charge in [-0.2, -0.15) is 0 Å². The van der Waals surface area contributed by atoms with Crippen LogP contribution in [0.15, 0.2) is 49.8 Å². The zero-order valence-corrected chi connectivity index (χ0v) is 12.3. The summed E-state index contributed by atoms with van der Waals surface area (Å²) >= 11 is 0. The predicted octanol–water partition coefficient (Wildman–Crippen LogP) is 5.36. The molecule has 1 N–H and O–H groups in total. The maximum atomic E-state index is 9.86. The van der Waals surface area contributed by atoms with Gasteiger partial charge in [-0.3, -0.25) is 0 Å². The smallest absolute Gasteiger partial charge is 0.0953 e. The Morgan fingerprint density at radius 2 is 1.74 bits per heavy atom. The van der Waals surface area contributed by atoms with Crippen molar-refractivity contribution in [3.05, 3.63) is 66.5 Å². The van der Waals surface area contributed by atoms with Crippen molar-refractivity contribution in [1.29, 1.82) is 0 Å². The van der Waals surface area contributed by atoms with Crippen LogP contribution in [0.3, 0.4) is 0 Å². The molecule has 0 aliphatic carbocycles. The number of benzene rings is 1. The van der Waals surface area contributed by atoms with E-state index >= 15 is 0 Å². The Morgan fingerprint density at radius 3 is 2.11 bits per heavy atom. The molecule has 0 spiro atoms. The van der Waals surface area contributed by atoms with Gasteiger partial charge in [-0.25, -0.2) is 0 Å². The summed E-state index contributed by atoms with van der Waals surface area (Å²) in [4.78, 5) is 0. The first kappa shape index (κ1) is 15.3. The standard InChI is InChI=1S/C18H24O/c1-7-18(8-2,16(6)19)12-15(5)17-10-13(3)9-14(4)11-17/h7,9-11,19H,1,5-6,8,12H2,2-4H3. The Balaban J connectivity index is 3.07. The zero-order valence-electron chi connectivity index (χ0n) is 12.3. The lowest BCUT2D eigenvalue weighted by molar-refractivity contribution is 0.268. The molecule has 0 amide bonds. The van der Waals surface area contributed by atoms with E-state index in [2.05, 4.69) is 51.8 Å². The third-order valence-electron chi connectivity index (χ3n) is 3.76. The van der Waals surface area contributed by atoms with Gasteiger partial charge in [0, 0.05) is 5.41 Å². The van der Waals surface area contributed by atoms with Gasteiger partial charge in [-0.05, 0) is 37.8 Å². The molecule has 0 aromatic heterocycles. The number of aliphatic hydroxyl groups excluding tert-OH is 1. The summed E-state index contributed by atoms with van der Waals surface area (Å²) < 4.78 is 0. The van der Waals surface area contributed by atoms with Gasteiger partial charge in [0.1, 0.15) is 0 Å². The number of hydrogen-bond donors (Lipinski definition) is 1. The Labute approximate surface area is 117 Å². The number of aliphatic hydroxyl groups is 1. The fraction of sp³-hybridized carbons (Fsp3) is 0.333. The van der Waals surface area contributed by atoms with Crippen molar-refractivity contribution in [2.45, 2.75) is 33.6 Å². The molecule has 0 aliphatic heterocycles. The minimum Gasteiger partial charge on any atom is -0.512 e. The van der Waals surface area contributed by atoms with E-state index in [4.69, 9.17) is 0 Å². The predicted molar refractivity (Wildman–Crippen MR) is 84.3 cm³/mol. The lowest BCUT2D eigenvalue weighted by Gasteiger charge is -2.29. The summed E-state index contributed by atoms with van der Waals surface area (Å²) in [5, 5.41) is 9.86. The highest BCUT2D eigenvalue weighted by atomic mass is 16.3. The molecule has 0 heterocycles. The first-order valence-electron chi connectivity index (χ1n) is 6.63. The van der Waals surface area contributed by atoms with Crippen LogP contribution in [0.2, 0.25) is 0 Å². The van der Waals surface area contributed by atoms with Gasteiger partial charge in [-0.1, -0.05) is 55.5 Å². The molecule has 1 rings (SSSR count). The first-order valence-corrected chi connectivity index (χ1v) is 6.63. The average Bonchev–Trinajstić information content (AvgIpc) is 2.34. The molecule has 1 atom stereocenters. The van der Waals surface area contributed by atoms with Crippen LogP contribution in [0, 0.1) is 19.3 Å². The van der Waals surface area contributed by atoms with Crippen LogP contribution in [0.4, 0.5) is 0 Å². The minimum atomic E-state index is -0.477. The highest BCUT2D eigenvalue weighted by molar-refractivity contribution is 5.66. The third-order valence-corrected chi connectivity index (χ3v) is 3.76. The lowest BCUT2D eigenvalue weighted by Crippen LogP contribution is -2.19. The molecular weight excluding hydrogens is 232 g/mol. The van der Waals surface area contributed by atoms with Crippen LogP contribution in [0.1, 0.15) is 36.5 Å². The van der Waals surface area contributed by atoms with Crippen molar-refractivity contribution in [2.75, 3.05) is 0 Å². The van der Waals surface area contributed by atoms with E-state index in [9.17, 15) is 5.11 Å². The number of rotatable bonds is 6. The van der Waals surface area contributed by atoms with Gasteiger partial charge in [0.15, 0.2) is 0 Å². The molecule has 0 saturated heterocycles. The van der Waals surface area contributed by atoms with E-state index < -0.39 is 5.41 Å². The van der Waals surface area contributed by atoms with Crippen molar-refractivity contribution in [1.82, 2.24) is 0 Å². The highest BCUT2D eigenvalue weighted by Crippen LogP contribution is 2.39. The second kappa shape index (κ2) is 5.92.